The molecule has 2 heterocycles. The SMILES string of the molecule is CC1CN1C1(C2(N3CC3C)CC2C)CC1C. The largest absolute Gasteiger partial charge is 0.290 e. The number of nitrogens with zero attached hydrogens (tertiary/aromatic N) is 2. The van der Waals surface area contributed by atoms with E-state index in [1.807, 2.05) is 0 Å². The number of rotatable bonds is 3. The Morgan fingerprint density at radius 2 is 1.00 bits per heavy atom. The van der Waals surface area contributed by atoms with Gasteiger partial charge in [0, 0.05) is 36.3 Å². The average molecular weight is 220 g/mol. The van der Waals surface area contributed by atoms with Crippen molar-refractivity contribution in [3.8, 4) is 0 Å². The molecule has 2 nitrogen and oxygen atoms in total. The molecule has 4 aliphatic rings. The van der Waals surface area contributed by atoms with Gasteiger partial charge in [0.15, 0.2) is 0 Å². The molecule has 0 aromatic rings. The molecule has 0 aromatic carbocycles. The van der Waals surface area contributed by atoms with E-state index in [0.29, 0.717) is 11.1 Å². The van der Waals surface area contributed by atoms with Crippen LogP contribution in [0.1, 0.15) is 40.5 Å². The molecule has 0 amide bonds. The Morgan fingerprint density at radius 3 is 1.12 bits per heavy atom. The number of hydrogen-bond donors (Lipinski definition) is 0. The van der Waals surface area contributed by atoms with Crippen LogP contribution in [-0.4, -0.2) is 46.1 Å². The maximum atomic E-state index is 2.81. The molecule has 2 saturated carbocycles. The Labute approximate surface area is 99.0 Å². The van der Waals surface area contributed by atoms with Crippen molar-refractivity contribution in [3.63, 3.8) is 0 Å². The van der Waals surface area contributed by atoms with Crippen LogP contribution < -0.4 is 0 Å². The molecule has 0 bridgehead atoms. The van der Waals surface area contributed by atoms with Gasteiger partial charge in [0.2, 0.25) is 0 Å². The van der Waals surface area contributed by atoms with Crippen molar-refractivity contribution < 1.29 is 0 Å². The Kier molecular flexibility index (Phi) is 1.55. The van der Waals surface area contributed by atoms with Crippen LogP contribution in [0.15, 0.2) is 0 Å². The summed E-state index contributed by atoms with van der Waals surface area (Å²) in [7, 11) is 0. The van der Waals surface area contributed by atoms with Crippen molar-refractivity contribution >= 4 is 0 Å². The summed E-state index contributed by atoms with van der Waals surface area (Å²) in [4.78, 5) is 5.62. The summed E-state index contributed by atoms with van der Waals surface area (Å²) in [5, 5.41) is 0. The van der Waals surface area contributed by atoms with E-state index in [1.165, 1.54) is 25.9 Å². The van der Waals surface area contributed by atoms with Gasteiger partial charge >= 0.3 is 0 Å². The first-order valence-electron chi connectivity index (χ1n) is 7.07. The van der Waals surface area contributed by atoms with Gasteiger partial charge in [-0.1, -0.05) is 13.8 Å². The first-order chi connectivity index (χ1) is 7.54. The van der Waals surface area contributed by atoms with Crippen LogP contribution in [-0.2, 0) is 0 Å². The van der Waals surface area contributed by atoms with Crippen molar-refractivity contribution in [2.45, 2.75) is 63.7 Å². The van der Waals surface area contributed by atoms with Gasteiger partial charge in [0.05, 0.1) is 0 Å². The van der Waals surface area contributed by atoms with E-state index in [0.717, 1.165) is 23.9 Å². The average Bonchev–Trinajstić information content (AvgIpc) is 2.91. The van der Waals surface area contributed by atoms with Gasteiger partial charge in [0.1, 0.15) is 0 Å². The summed E-state index contributed by atoms with van der Waals surface area (Å²) >= 11 is 0. The summed E-state index contributed by atoms with van der Waals surface area (Å²) < 4.78 is 0. The normalized spacial score (nSPS) is 71.2. The topological polar surface area (TPSA) is 6.02 Å². The predicted octanol–water partition coefficient (Wildman–Crippen LogP) is 1.95. The molecule has 0 spiro atoms. The van der Waals surface area contributed by atoms with E-state index in [9.17, 15) is 0 Å². The highest BCUT2D eigenvalue weighted by Crippen LogP contribution is 2.72. The molecule has 2 aliphatic carbocycles. The van der Waals surface area contributed by atoms with E-state index in [2.05, 4.69) is 37.5 Å². The summed E-state index contributed by atoms with van der Waals surface area (Å²) in [6, 6.07) is 1.73. The number of hydrogen-bond acceptors (Lipinski definition) is 2. The highest BCUT2D eigenvalue weighted by molar-refractivity contribution is 5.37. The summed E-state index contributed by atoms with van der Waals surface area (Å²) in [6.07, 6.45) is 2.93. The lowest BCUT2D eigenvalue weighted by Gasteiger charge is -2.33. The maximum Gasteiger partial charge on any atom is 0.0429 e. The van der Waals surface area contributed by atoms with E-state index in [4.69, 9.17) is 0 Å². The fourth-order valence-electron chi connectivity index (χ4n) is 4.91. The molecule has 8 unspecified atom stereocenters. The van der Waals surface area contributed by atoms with Crippen LogP contribution in [0.4, 0.5) is 0 Å². The van der Waals surface area contributed by atoms with E-state index in [-0.39, 0.29) is 0 Å². The zero-order valence-corrected chi connectivity index (χ0v) is 11.0. The van der Waals surface area contributed by atoms with Gasteiger partial charge in [-0.05, 0) is 38.5 Å². The van der Waals surface area contributed by atoms with E-state index >= 15 is 0 Å². The maximum absolute atomic E-state index is 2.81. The lowest BCUT2D eigenvalue weighted by Crippen LogP contribution is -2.47. The highest BCUT2D eigenvalue weighted by Gasteiger charge is 2.81. The van der Waals surface area contributed by atoms with Crippen LogP contribution in [0.25, 0.3) is 0 Å². The van der Waals surface area contributed by atoms with Crippen LogP contribution in [0.5, 0.6) is 0 Å². The molecular weight excluding hydrogens is 196 g/mol. The zero-order valence-electron chi connectivity index (χ0n) is 11.0. The summed E-state index contributed by atoms with van der Waals surface area (Å²) in [5.74, 6) is 1.88. The molecule has 8 atom stereocenters. The fourth-order valence-corrected chi connectivity index (χ4v) is 4.91. The van der Waals surface area contributed by atoms with E-state index in [1.54, 1.807) is 0 Å². The molecular formula is C14H24N2. The molecule has 0 radical (unpaired) electrons. The molecule has 90 valence electrons. The molecule has 2 heteroatoms. The quantitative estimate of drug-likeness (QED) is 0.671. The van der Waals surface area contributed by atoms with Crippen LogP contribution in [0.3, 0.4) is 0 Å². The second kappa shape index (κ2) is 2.51. The van der Waals surface area contributed by atoms with E-state index < -0.39 is 0 Å². The van der Waals surface area contributed by atoms with Crippen LogP contribution in [0, 0.1) is 11.8 Å². The highest BCUT2D eigenvalue weighted by atomic mass is 15.5. The molecule has 4 rings (SSSR count). The second-order valence-electron chi connectivity index (χ2n) is 7.06. The van der Waals surface area contributed by atoms with Crippen molar-refractivity contribution in [3.05, 3.63) is 0 Å². The molecule has 0 aromatic heterocycles. The summed E-state index contributed by atoms with van der Waals surface area (Å²) in [6.45, 7) is 12.5. The van der Waals surface area contributed by atoms with Crippen LogP contribution >= 0.6 is 0 Å². The van der Waals surface area contributed by atoms with Gasteiger partial charge in [-0.25, -0.2) is 0 Å². The van der Waals surface area contributed by atoms with Gasteiger partial charge < -0.3 is 0 Å². The van der Waals surface area contributed by atoms with Gasteiger partial charge in [-0.15, -0.1) is 0 Å². The van der Waals surface area contributed by atoms with Gasteiger partial charge in [-0.3, -0.25) is 9.80 Å². The zero-order chi connectivity index (χ0) is 11.3. The molecule has 2 saturated heterocycles. The van der Waals surface area contributed by atoms with Crippen LogP contribution in [0.2, 0.25) is 0 Å². The van der Waals surface area contributed by atoms with Crippen molar-refractivity contribution in [1.82, 2.24) is 9.80 Å². The molecule has 16 heavy (non-hydrogen) atoms. The minimum Gasteiger partial charge on any atom is -0.290 e. The Balaban J connectivity index is 1.68. The molecule has 0 N–H and O–H groups in total. The third kappa shape index (κ3) is 0.896. The lowest BCUT2D eigenvalue weighted by molar-refractivity contribution is 0.155. The van der Waals surface area contributed by atoms with Crippen molar-refractivity contribution in [2.75, 3.05) is 13.1 Å². The molecule has 2 aliphatic heterocycles. The first kappa shape index (κ1) is 9.90. The standard InChI is InChI=1S/C14H24N2/c1-9-5-13(9,15-7-11(15)3)14(6-10(14)2)16-8-12(16)4/h9-12H,5-8H2,1-4H3. The third-order valence-corrected chi connectivity index (χ3v) is 6.04. The smallest absolute Gasteiger partial charge is 0.0429 e. The fraction of sp³-hybridized carbons (Fsp3) is 1.00. The lowest BCUT2D eigenvalue weighted by atomic mass is 9.97. The monoisotopic (exact) mass is 220 g/mol. The van der Waals surface area contributed by atoms with Gasteiger partial charge in [0.25, 0.3) is 0 Å². The summed E-state index contributed by atoms with van der Waals surface area (Å²) in [5.41, 5.74) is 1.19. The minimum atomic E-state index is 0.594. The van der Waals surface area contributed by atoms with Crippen molar-refractivity contribution in [2.24, 2.45) is 11.8 Å². The molecule has 4 fully saturated rings. The Morgan fingerprint density at radius 1 is 0.750 bits per heavy atom. The Hall–Kier alpha value is -0.0800. The van der Waals surface area contributed by atoms with Crippen molar-refractivity contribution in [1.29, 1.82) is 0 Å². The minimum absolute atomic E-state index is 0.594. The third-order valence-electron chi connectivity index (χ3n) is 6.04. The predicted molar refractivity (Wildman–Crippen MR) is 65.4 cm³/mol. The first-order valence-corrected chi connectivity index (χ1v) is 7.07. The van der Waals surface area contributed by atoms with Gasteiger partial charge in [-0.2, -0.15) is 0 Å². The Bertz CT molecular complexity index is 321. The second-order valence-corrected chi connectivity index (χ2v) is 7.06.